The fourth-order valence-corrected chi connectivity index (χ4v) is 2.91. The molecule has 3 heterocycles. The third-order valence-electron chi connectivity index (χ3n) is 3.89. The Kier molecular flexibility index (Phi) is 3.43. The van der Waals surface area contributed by atoms with Crippen molar-refractivity contribution in [2.24, 2.45) is 0 Å². The zero-order chi connectivity index (χ0) is 13.5. The Labute approximate surface area is 128 Å². The van der Waals surface area contributed by atoms with Gasteiger partial charge in [0.15, 0.2) is 18.0 Å². The standard InChI is InChI=1S/C17H13NO2.ClH/c19-15-8-16(14-5-6-20-11-14)17-7-12-3-1-2-4-13(12)9-18(17)10-15;/h1-6,8,10-11H,7,9H2;1H. The minimum atomic E-state index is 0. The number of aromatic hydroxyl groups is 1. The van der Waals surface area contributed by atoms with Crippen LogP contribution in [0.2, 0.25) is 0 Å². The topological polar surface area (TPSA) is 37.3 Å². The summed E-state index contributed by atoms with van der Waals surface area (Å²) in [5, 5.41) is 9.96. The number of fused-ring (bicyclic) bond motifs is 2. The van der Waals surface area contributed by atoms with Crippen LogP contribution in [0.3, 0.4) is 0 Å². The maximum Gasteiger partial charge on any atom is 0.211 e. The van der Waals surface area contributed by atoms with Crippen LogP contribution in [0.15, 0.2) is 59.5 Å². The van der Waals surface area contributed by atoms with Crippen LogP contribution in [0.5, 0.6) is 5.75 Å². The number of pyridine rings is 1. The van der Waals surface area contributed by atoms with Gasteiger partial charge in [0.1, 0.15) is 0 Å². The second-order valence-corrected chi connectivity index (χ2v) is 5.14. The van der Waals surface area contributed by atoms with Gasteiger partial charge in [-0.15, -0.1) is 0 Å². The number of nitrogens with zero attached hydrogens (tertiary/aromatic N) is 1. The van der Waals surface area contributed by atoms with E-state index in [1.165, 1.54) is 16.8 Å². The van der Waals surface area contributed by atoms with Crippen molar-refractivity contribution in [3.8, 4) is 16.9 Å². The molecule has 0 saturated carbocycles. The van der Waals surface area contributed by atoms with Crippen molar-refractivity contribution in [2.45, 2.75) is 13.0 Å². The van der Waals surface area contributed by atoms with Crippen LogP contribution in [0.1, 0.15) is 16.8 Å². The average Bonchev–Trinajstić information content (AvgIpc) is 2.98. The van der Waals surface area contributed by atoms with E-state index in [0.717, 1.165) is 24.1 Å². The lowest BCUT2D eigenvalue weighted by Crippen LogP contribution is -3.00. The van der Waals surface area contributed by atoms with E-state index in [2.05, 4.69) is 28.8 Å². The number of furan rings is 1. The molecule has 106 valence electrons. The smallest absolute Gasteiger partial charge is 0.211 e. The van der Waals surface area contributed by atoms with Crippen molar-refractivity contribution in [3.63, 3.8) is 0 Å². The molecule has 0 bridgehead atoms. The van der Waals surface area contributed by atoms with Gasteiger partial charge in [0.25, 0.3) is 0 Å². The summed E-state index contributed by atoms with van der Waals surface area (Å²) < 4.78 is 7.30. The number of rotatable bonds is 1. The first-order valence-corrected chi connectivity index (χ1v) is 6.66. The quantitative estimate of drug-likeness (QED) is 0.498. The molecule has 1 aromatic carbocycles. The van der Waals surface area contributed by atoms with Crippen LogP contribution in [-0.2, 0) is 13.0 Å². The minimum Gasteiger partial charge on any atom is -1.00 e. The van der Waals surface area contributed by atoms with Crippen molar-refractivity contribution >= 4 is 0 Å². The van der Waals surface area contributed by atoms with Crippen LogP contribution < -0.4 is 17.0 Å². The largest absolute Gasteiger partial charge is 1.00 e. The van der Waals surface area contributed by atoms with E-state index in [1.807, 2.05) is 12.1 Å². The van der Waals surface area contributed by atoms with Gasteiger partial charge >= 0.3 is 0 Å². The molecule has 0 saturated heterocycles. The molecule has 0 unspecified atom stereocenters. The summed E-state index contributed by atoms with van der Waals surface area (Å²) in [6.07, 6.45) is 6.05. The Morgan fingerprint density at radius 1 is 1.10 bits per heavy atom. The van der Waals surface area contributed by atoms with Gasteiger partial charge in [0.05, 0.1) is 24.5 Å². The van der Waals surface area contributed by atoms with Gasteiger partial charge in [-0.05, 0) is 11.6 Å². The molecule has 3 nitrogen and oxygen atoms in total. The van der Waals surface area contributed by atoms with E-state index in [1.54, 1.807) is 18.7 Å². The summed E-state index contributed by atoms with van der Waals surface area (Å²) in [7, 11) is 0. The van der Waals surface area contributed by atoms with Gasteiger partial charge in [0.2, 0.25) is 6.20 Å². The Balaban J connectivity index is 0.00000132. The number of aromatic nitrogens is 1. The van der Waals surface area contributed by atoms with E-state index in [0.29, 0.717) is 0 Å². The SMILES string of the molecule is Oc1cc(-c2ccoc2)c2[n+](c1)Cc1ccccc1C2.[Cl-]. The van der Waals surface area contributed by atoms with Gasteiger partial charge in [-0.1, -0.05) is 24.3 Å². The molecule has 2 aromatic heterocycles. The Morgan fingerprint density at radius 2 is 1.90 bits per heavy atom. The fourth-order valence-electron chi connectivity index (χ4n) is 2.91. The van der Waals surface area contributed by atoms with E-state index in [9.17, 15) is 5.11 Å². The average molecular weight is 300 g/mol. The molecule has 3 aromatic rings. The maximum atomic E-state index is 9.96. The minimum absolute atomic E-state index is 0. The molecule has 1 aliphatic heterocycles. The predicted octanol–water partition coefficient (Wildman–Crippen LogP) is -0.104. The zero-order valence-electron chi connectivity index (χ0n) is 11.3. The van der Waals surface area contributed by atoms with Crippen molar-refractivity contribution < 1.29 is 26.5 Å². The first-order valence-electron chi connectivity index (χ1n) is 6.66. The second-order valence-electron chi connectivity index (χ2n) is 5.14. The number of hydrogen-bond acceptors (Lipinski definition) is 2. The first-order chi connectivity index (χ1) is 9.81. The molecule has 1 aliphatic rings. The van der Waals surface area contributed by atoms with Gasteiger partial charge in [-0.2, -0.15) is 4.57 Å². The molecule has 0 amide bonds. The summed E-state index contributed by atoms with van der Waals surface area (Å²) in [6, 6.07) is 12.2. The van der Waals surface area contributed by atoms with Gasteiger partial charge in [0, 0.05) is 17.2 Å². The molecule has 4 heteroatoms. The van der Waals surface area contributed by atoms with Crippen LogP contribution in [0, 0.1) is 0 Å². The van der Waals surface area contributed by atoms with Crippen molar-refractivity contribution in [3.05, 3.63) is 71.9 Å². The summed E-state index contributed by atoms with van der Waals surface area (Å²) in [5.74, 6) is 0.282. The van der Waals surface area contributed by atoms with Gasteiger partial charge in [-0.25, -0.2) is 0 Å². The lowest BCUT2D eigenvalue weighted by atomic mass is 9.94. The number of halogens is 1. The maximum absolute atomic E-state index is 9.96. The number of benzene rings is 1. The van der Waals surface area contributed by atoms with Crippen molar-refractivity contribution in [1.29, 1.82) is 0 Å². The number of hydrogen-bond donors (Lipinski definition) is 1. The molecule has 0 spiro atoms. The highest BCUT2D eigenvalue weighted by Crippen LogP contribution is 2.29. The monoisotopic (exact) mass is 299 g/mol. The fraction of sp³-hybridized carbons (Fsp3) is 0.118. The third kappa shape index (κ3) is 2.30. The van der Waals surface area contributed by atoms with E-state index >= 15 is 0 Å². The molecule has 21 heavy (non-hydrogen) atoms. The summed E-state index contributed by atoms with van der Waals surface area (Å²) in [6.45, 7) is 0.796. The normalized spacial score (nSPS) is 12.2. The Bertz CT molecular complexity index is 781. The van der Waals surface area contributed by atoms with Gasteiger partial charge in [-0.3, -0.25) is 0 Å². The van der Waals surface area contributed by atoms with Crippen LogP contribution in [0.4, 0.5) is 0 Å². The molecule has 4 rings (SSSR count). The first kappa shape index (κ1) is 13.7. The Morgan fingerprint density at radius 3 is 2.67 bits per heavy atom. The summed E-state index contributed by atoms with van der Waals surface area (Å²) in [4.78, 5) is 0. The molecule has 0 atom stereocenters. The van der Waals surface area contributed by atoms with Crippen LogP contribution in [-0.4, -0.2) is 5.11 Å². The molecule has 0 radical (unpaired) electrons. The molecule has 1 N–H and O–H groups in total. The highest BCUT2D eigenvalue weighted by Gasteiger charge is 2.26. The van der Waals surface area contributed by atoms with Crippen LogP contribution >= 0.6 is 0 Å². The zero-order valence-corrected chi connectivity index (χ0v) is 12.0. The van der Waals surface area contributed by atoms with E-state index in [-0.39, 0.29) is 18.2 Å². The van der Waals surface area contributed by atoms with E-state index < -0.39 is 0 Å². The Hall–Kier alpha value is -2.26. The van der Waals surface area contributed by atoms with E-state index in [4.69, 9.17) is 4.42 Å². The molecule has 0 aliphatic carbocycles. The van der Waals surface area contributed by atoms with Crippen LogP contribution in [0.25, 0.3) is 11.1 Å². The lowest BCUT2D eigenvalue weighted by molar-refractivity contribution is -0.697. The highest BCUT2D eigenvalue weighted by atomic mass is 35.5. The van der Waals surface area contributed by atoms with Crippen molar-refractivity contribution in [1.82, 2.24) is 0 Å². The second kappa shape index (κ2) is 5.26. The molecular weight excluding hydrogens is 286 g/mol. The predicted molar refractivity (Wildman–Crippen MR) is 74.4 cm³/mol. The molecule has 0 fully saturated rings. The third-order valence-corrected chi connectivity index (χ3v) is 3.89. The van der Waals surface area contributed by atoms with Gasteiger partial charge < -0.3 is 21.9 Å². The van der Waals surface area contributed by atoms with Crippen molar-refractivity contribution in [2.75, 3.05) is 0 Å². The summed E-state index contributed by atoms with van der Waals surface area (Å²) in [5.41, 5.74) is 5.91. The highest BCUT2D eigenvalue weighted by molar-refractivity contribution is 5.65. The summed E-state index contributed by atoms with van der Waals surface area (Å²) >= 11 is 0. The molecular formula is C17H14ClNO2. The lowest BCUT2D eigenvalue weighted by Gasteiger charge is -2.16.